The van der Waals surface area contributed by atoms with Crippen LogP contribution < -0.4 is 16.0 Å². The van der Waals surface area contributed by atoms with Gasteiger partial charge in [0, 0.05) is 13.1 Å². The van der Waals surface area contributed by atoms with Gasteiger partial charge in [0.25, 0.3) is 0 Å². The summed E-state index contributed by atoms with van der Waals surface area (Å²) in [6.07, 6.45) is 1.98. The normalized spacial score (nSPS) is 11.5. The molecule has 0 aromatic rings. The Morgan fingerprint density at radius 3 is 2.44 bits per heavy atom. The molecule has 0 aromatic heterocycles. The standard InChI is InChI=1S/C11H21N3O2/c1-5-12-11(16)14-10(15)9(4)13-7-6-8(2)3/h6,9,13H,5,7H2,1-4H3,(H2,12,14,15,16). The van der Waals surface area contributed by atoms with Gasteiger partial charge in [-0.1, -0.05) is 11.6 Å². The van der Waals surface area contributed by atoms with Gasteiger partial charge in [-0.3, -0.25) is 10.1 Å². The number of hydrogen-bond acceptors (Lipinski definition) is 3. The van der Waals surface area contributed by atoms with Crippen LogP contribution in [0.1, 0.15) is 27.7 Å². The van der Waals surface area contributed by atoms with E-state index >= 15 is 0 Å². The lowest BCUT2D eigenvalue weighted by Gasteiger charge is -2.12. The fourth-order valence-corrected chi connectivity index (χ4v) is 0.957. The van der Waals surface area contributed by atoms with Gasteiger partial charge in [0.1, 0.15) is 0 Å². The van der Waals surface area contributed by atoms with Gasteiger partial charge in [-0.25, -0.2) is 4.79 Å². The number of carbonyl (C=O) groups is 2. The molecule has 92 valence electrons. The van der Waals surface area contributed by atoms with Crippen LogP contribution in [0.25, 0.3) is 0 Å². The fraction of sp³-hybridized carbons (Fsp3) is 0.636. The number of nitrogens with one attached hydrogen (secondary N) is 3. The van der Waals surface area contributed by atoms with E-state index in [0.29, 0.717) is 13.1 Å². The lowest BCUT2D eigenvalue weighted by molar-refractivity contribution is -0.121. The van der Waals surface area contributed by atoms with E-state index in [1.165, 1.54) is 5.57 Å². The van der Waals surface area contributed by atoms with E-state index in [2.05, 4.69) is 16.0 Å². The maximum atomic E-state index is 11.4. The molecular weight excluding hydrogens is 206 g/mol. The van der Waals surface area contributed by atoms with Gasteiger partial charge in [0.2, 0.25) is 5.91 Å². The predicted molar refractivity (Wildman–Crippen MR) is 64.1 cm³/mol. The molecule has 0 aliphatic carbocycles. The Balaban J connectivity index is 3.90. The van der Waals surface area contributed by atoms with Gasteiger partial charge in [0.05, 0.1) is 6.04 Å². The molecular formula is C11H21N3O2. The summed E-state index contributed by atoms with van der Waals surface area (Å²) in [6, 6.07) is -0.846. The SMILES string of the molecule is CCNC(=O)NC(=O)C(C)NCC=C(C)C. The van der Waals surface area contributed by atoms with Crippen molar-refractivity contribution in [1.29, 1.82) is 0 Å². The maximum absolute atomic E-state index is 11.4. The highest BCUT2D eigenvalue weighted by Crippen LogP contribution is 1.87. The summed E-state index contributed by atoms with van der Waals surface area (Å²) in [5.41, 5.74) is 1.18. The number of rotatable bonds is 5. The molecule has 3 N–H and O–H groups in total. The summed E-state index contributed by atoms with van der Waals surface area (Å²) in [6.45, 7) is 8.60. The number of imide groups is 1. The van der Waals surface area contributed by atoms with Crippen molar-refractivity contribution in [2.45, 2.75) is 33.7 Å². The highest BCUT2D eigenvalue weighted by atomic mass is 16.2. The summed E-state index contributed by atoms with van der Waals surface area (Å²) < 4.78 is 0. The average molecular weight is 227 g/mol. The largest absolute Gasteiger partial charge is 0.338 e. The number of urea groups is 1. The molecule has 0 aliphatic heterocycles. The Morgan fingerprint density at radius 1 is 1.31 bits per heavy atom. The summed E-state index contributed by atoms with van der Waals surface area (Å²) in [5, 5.41) is 7.73. The van der Waals surface area contributed by atoms with Crippen LogP contribution in [0.15, 0.2) is 11.6 Å². The maximum Gasteiger partial charge on any atom is 0.321 e. The quantitative estimate of drug-likeness (QED) is 0.608. The Kier molecular flexibility index (Phi) is 7.20. The third-order valence-electron chi connectivity index (χ3n) is 1.90. The smallest absolute Gasteiger partial charge is 0.321 e. The third-order valence-corrected chi connectivity index (χ3v) is 1.90. The van der Waals surface area contributed by atoms with Crippen LogP contribution in [-0.4, -0.2) is 31.1 Å². The molecule has 16 heavy (non-hydrogen) atoms. The minimum Gasteiger partial charge on any atom is -0.338 e. The molecule has 0 aliphatic rings. The second kappa shape index (κ2) is 7.87. The molecule has 5 heteroatoms. The molecule has 0 saturated heterocycles. The molecule has 0 aromatic carbocycles. The lowest BCUT2D eigenvalue weighted by Crippen LogP contribution is -2.48. The van der Waals surface area contributed by atoms with Crippen LogP contribution in [0.5, 0.6) is 0 Å². The molecule has 0 bridgehead atoms. The first-order valence-corrected chi connectivity index (χ1v) is 5.42. The molecule has 1 unspecified atom stereocenters. The van der Waals surface area contributed by atoms with Crippen molar-refractivity contribution in [3.8, 4) is 0 Å². The first-order valence-electron chi connectivity index (χ1n) is 5.42. The predicted octanol–water partition coefficient (Wildman–Crippen LogP) is 0.776. The molecule has 0 rings (SSSR count). The average Bonchev–Trinajstić information content (AvgIpc) is 2.17. The van der Waals surface area contributed by atoms with E-state index in [9.17, 15) is 9.59 Å². The van der Waals surface area contributed by atoms with Crippen LogP contribution in [0.2, 0.25) is 0 Å². The zero-order valence-corrected chi connectivity index (χ0v) is 10.4. The van der Waals surface area contributed by atoms with Crippen LogP contribution in [0.4, 0.5) is 4.79 Å². The third kappa shape index (κ3) is 7.00. The van der Waals surface area contributed by atoms with Gasteiger partial charge >= 0.3 is 6.03 Å². The monoisotopic (exact) mass is 227 g/mol. The van der Waals surface area contributed by atoms with Crippen LogP contribution >= 0.6 is 0 Å². The molecule has 3 amide bonds. The zero-order valence-electron chi connectivity index (χ0n) is 10.4. The highest BCUT2D eigenvalue weighted by molar-refractivity contribution is 5.96. The molecule has 0 radical (unpaired) electrons. The summed E-state index contributed by atoms with van der Waals surface area (Å²) in [4.78, 5) is 22.5. The molecule has 0 heterocycles. The van der Waals surface area contributed by atoms with Crippen molar-refractivity contribution < 1.29 is 9.59 Å². The van der Waals surface area contributed by atoms with E-state index in [1.54, 1.807) is 13.8 Å². The van der Waals surface area contributed by atoms with E-state index in [-0.39, 0.29) is 5.91 Å². The van der Waals surface area contributed by atoms with Gasteiger partial charge in [0.15, 0.2) is 0 Å². The summed E-state index contributed by atoms with van der Waals surface area (Å²) >= 11 is 0. The van der Waals surface area contributed by atoms with Crippen LogP contribution in [0, 0.1) is 0 Å². The Morgan fingerprint density at radius 2 is 1.94 bits per heavy atom. The van der Waals surface area contributed by atoms with Gasteiger partial charge < -0.3 is 10.6 Å². The lowest BCUT2D eigenvalue weighted by atomic mass is 10.3. The summed E-state index contributed by atoms with van der Waals surface area (Å²) in [5.74, 6) is -0.326. The molecule has 0 fully saturated rings. The number of allylic oxidation sites excluding steroid dienone is 1. The van der Waals surface area contributed by atoms with E-state index in [0.717, 1.165) is 0 Å². The van der Waals surface area contributed by atoms with Crippen molar-refractivity contribution in [2.75, 3.05) is 13.1 Å². The number of amides is 3. The topological polar surface area (TPSA) is 70.2 Å². The van der Waals surface area contributed by atoms with Crippen molar-refractivity contribution in [3.05, 3.63) is 11.6 Å². The van der Waals surface area contributed by atoms with Crippen LogP contribution in [0.3, 0.4) is 0 Å². The highest BCUT2D eigenvalue weighted by Gasteiger charge is 2.13. The van der Waals surface area contributed by atoms with Crippen molar-refractivity contribution in [2.24, 2.45) is 0 Å². The fourth-order valence-electron chi connectivity index (χ4n) is 0.957. The van der Waals surface area contributed by atoms with Crippen molar-refractivity contribution in [3.63, 3.8) is 0 Å². The first-order chi connectivity index (χ1) is 7.47. The molecule has 0 saturated carbocycles. The second-order valence-electron chi connectivity index (χ2n) is 3.76. The Bertz CT molecular complexity index is 270. The minimum absolute atomic E-state index is 0.326. The van der Waals surface area contributed by atoms with Crippen LogP contribution in [-0.2, 0) is 4.79 Å². The van der Waals surface area contributed by atoms with Gasteiger partial charge in [-0.15, -0.1) is 0 Å². The zero-order chi connectivity index (χ0) is 12.6. The van der Waals surface area contributed by atoms with Crippen molar-refractivity contribution >= 4 is 11.9 Å². The molecule has 0 spiro atoms. The van der Waals surface area contributed by atoms with E-state index in [1.807, 2.05) is 19.9 Å². The van der Waals surface area contributed by atoms with Gasteiger partial charge in [-0.05, 0) is 27.7 Å². The molecule has 1 atom stereocenters. The van der Waals surface area contributed by atoms with Gasteiger partial charge in [-0.2, -0.15) is 0 Å². The second-order valence-corrected chi connectivity index (χ2v) is 3.76. The van der Waals surface area contributed by atoms with Crippen molar-refractivity contribution in [1.82, 2.24) is 16.0 Å². The minimum atomic E-state index is -0.455. The first kappa shape index (κ1) is 14.6. The number of hydrogen-bond donors (Lipinski definition) is 3. The summed E-state index contributed by atoms with van der Waals surface area (Å²) in [7, 11) is 0. The Labute approximate surface area is 96.7 Å². The van der Waals surface area contributed by atoms with E-state index < -0.39 is 12.1 Å². The van der Waals surface area contributed by atoms with E-state index in [4.69, 9.17) is 0 Å². The number of carbonyl (C=O) groups excluding carboxylic acids is 2. The Hall–Kier alpha value is -1.36. The molecule has 5 nitrogen and oxygen atoms in total.